The van der Waals surface area contributed by atoms with Crippen molar-refractivity contribution < 1.29 is 4.79 Å². The molecule has 1 aliphatic heterocycles. The van der Waals surface area contributed by atoms with Crippen LogP contribution in [0.25, 0.3) is 10.2 Å². The summed E-state index contributed by atoms with van der Waals surface area (Å²) in [5.41, 5.74) is 2.35. The summed E-state index contributed by atoms with van der Waals surface area (Å²) in [6, 6.07) is 10.7. The quantitative estimate of drug-likeness (QED) is 0.329. The molecule has 0 spiro atoms. The lowest BCUT2D eigenvalue weighted by molar-refractivity contribution is -0.119. The van der Waals surface area contributed by atoms with Gasteiger partial charge in [0.15, 0.2) is 5.16 Å². The van der Waals surface area contributed by atoms with Crippen molar-refractivity contribution in [3.05, 3.63) is 56.7 Å². The van der Waals surface area contributed by atoms with Crippen molar-refractivity contribution in [3.8, 4) is 0 Å². The number of nitrogens with one attached hydrogen (secondary N) is 2. The van der Waals surface area contributed by atoms with Crippen LogP contribution in [0.4, 0.5) is 0 Å². The second-order valence-electron chi connectivity index (χ2n) is 9.30. The van der Waals surface area contributed by atoms with E-state index in [1.54, 1.807) is 11.3 Å². The minimum absolute atomic E-state index is 0.00549. The van der Waals surface area contributed by atoms with Gasteiger partial charge in [0.25, 0.3) is 5.56 Å². The van der Waals surface area contributed by atoms with E-state index in [0.717, 1.165) is 66.0 Å². The standard InChI is InChI=1S/C26H34N4O2S2/c1-4-17(2)14-21-18(3)34-25-23(21)24(32)28-26(29-25)33-16-22(31)27-20-10-12-30(13-11-20)15-19-8-6-5-7-9-19/h5-9,17,20H,4,10-16H2,1-3H3,(H,27,31)(H,28,29,32). The van der Waals surface area contributed by atoms with Crippen molar-refractivity contribution in [2.75, 3.05) is 18.8 Å². The van der Waals surface area contributed by atoms with Crippen LogP contribution in [0.5, 0.6) is 0 Å². The topological polar surface area (TPSA) is 78.1 Å². The van der Waals surface area contributed by atoms with Gasteiger partial charge in [-0.3, -0.25) is 14.5 Å². The molecule has 1 aromatic carbocycles. The maximum atomic E-state index is 12.8. The zero-order chi connectivity index (χ0) is 24.1. The number of aromatic nitrogens is 2. The molecule has 3 heterocycles. The number of fused-ring (bicyclic) bond motifs is 1. The molecule has 2 N–H and O–H groups in total. The zero-order valence-corrected chi connectivity index (χ0v) is 21.9. The van der Waals surface area contributed by atoms with Crippen LogP contribution in [0.3, 0.4) is 0 Å². The highest BCUT2D eigenvalue weighted by molar-refractivity contribution is 7.99. The van der Waals surface area contributed by atoms with Crippen LogP contribution in [0.1, 0.15) is 49.1 Å². The van der Waals surface area contributed by atoms with Gasteiger partial charge in [-0.15, -0.1) is 11.3 Å². The molecule has 0 aliphatic carbocycles. The van der Waals surface area contributed by atoms with E-state index in [2.05, 4.69) is 65.2 Å². The molecular weight excluding hydrogens is 464 g/mol. The Bertz CT molecular complexity index is 1170. The van der Waals surface area contributed by atoms with Gasteiger partial charge in [0, 0.05) is 30.6 Å². The van der Waals surface area contributed by atoms with Crippen molar-refractivity contribution >= 4 is 39.2 Å². The Kier molecular flexibility index (Phi) is 8.45. The molecule has 1 atom stereocenters. The van der Waals surface area contributed by atoms with E-state index in [1.807, 2.05) is 6.07 Å². The molecule has 182 valence electrons. The molecule has 34 heavy (non-hydrogen) atoms. The van der Waals surface area contributed by atoms with Crippen molar-refractivity contribution in [2.24, 2.45) is 5.92 Å². The number of aryl methyl sites for hydroxylation is 1. The summed E-state index contributed by atoms with van der Waals surface area (Å²) in [6.45, 7) is 9.37. The second kappa shape index (κ2) is 11.5. The van der Waals surface area contributed by atoms with Crippen LogP contribution in [-0.2, 0) is 17.8 Å². The normalized spacial score (nSPS) is 16.1. The first-order chi connectivity index (χ1) is 16.4. The summed E-state index contributed by atoms with van der Waals surface area (Å²) in [4.78, 5) is 37.3. The Morgan fingerprint density at radius 3 is 2.74 bits per heavy atom. The lowest BCUT2D eigenvalue weighted by atomic mass is 9.98. The summed E-state index contributed by atoms with van der Waals surface area (Å²) in [6.07, 6.45) is 3.89. The molecular formula is C26H34N4O2S2. The highest BCUT2D eigenvalue weighted by Crippen LogP contribution is 2.30. The van der Waals surface area contributed by atoms with E-state index in [9.17, 15) is 9.59 Å². The monoisotopic (exact) mass is 498 g/mol. The summed E-state index contributed by atoms with van der Waals surface area (Å²) in [5.74, 6) is 0.774. The van der Waals surface area contributed by atoms with Crippen molar-refractivity contribution in [1.29, 1.82) is 0 Å². The Morgan fingerprint density at radius 2 is 2.03 bits per heavy atom. The average molecular weight is 499 g/mol. The molecule has 6 nitrogen and oxygen atoms in total. The fraction of sp³-hybridized carbons (Fsp3) is 0.500. The number of piperidine rings is 1. The van der Waals surface area contributed by atoms with Gasteiger partial charge >= 0.3 is 0 Å². The first-order valence-electron chi connectivity index (χ1n) is 12.1. The number of aromatic amines is 1. The van der Waals surface area contributed by atoms with E-state index in [0.29, 0.717) is 11.1 Å². The zero-order valence-electron chi connectivity index (χ0n) is 20.2. The summed E-state index contributed by atoms with van der Waals surface area (Å²) in [7, 11) is 0. The van der Waals surface area contributed by atoms with Gasteiger partial charge < -0.3 is 10.3 Å². The Balaban J connectivity index is 1.28. The van der Waals surface area contributed by atoms with Crippen molar-refractivity contribution in [1.82, 2.24) is 20.2 Å². The van der Waals surface area contributed by atoms with E-state index in [-0.39, 0.29) is 23.3 Å². The molecule has 3 aromatic rings. The van der Waals surface area contributed by atoms with Gasteiger partial charge in [0.05, 0.1) is 11.1 Å². The number of hydrogen-bond donors (Lipinski definition) is 2. The summed E-state index contributed by atoms with van der Waals surface area (Å²) >= 11 is 2.87. The van der Waals surface area contributed by atoms with Crippen LogP contribution in [0.2, 0.25) is 0 Å². The Hall–Kier alpha value is -2.16. The van der Waals surface area contributed by atoms with E-state index >= 15 is 0 Å². The summed E-state index contributed by atoms with van der Waals surface area (Å²) < 4.78 is 0. The summed E-state index contributed by atoms with van der Waals surface area (Å²) in [5, 5.41) is 4.40. The lowest BCUT2D eigenvalue weighted by Gasteiger charge is -2.32. The number of carbonyl (C=O) groups is 1. The predicted octanol–water partition coefficient (Wildman–Crippen LogP) is 4.75. The number of amides is 1. The largest absolute Gasteiger partial charge is 0.353 e. The first kappa shape index (κ1) is 24.9. The third-order valence-electron chi connectivity index (χ3n) is 6.63. The SMILES string of the molecule is CCC(C)Cc1c(C)sc2nc(SCC(=O)NC3CCN(Cc4ccccc4)CC3)[nH]c(=O)c12. The Morgan fingerprint density at radius 1 is 1.29 bits per heavy atom. The smallest absolute Gasteiger partial charge is 0.260 e. The molecule has 0 bridgehead atoms. The number of H-pyrrole nitrogens is 1. The predicted molar refractivity (Wildman–Crippen MR) is 142 cm³/mol. The number of rotatable bonds is 9. The third kappa shape index (κ3) is 6.29. The molecule has 2 aromatic heterocycles. The number of hydrogen-bond acceptors (Lipinski definition) is 6. The van der Waals surface area contributed by atoms with Crippen LogP contribution >= 0.6 is 23.1 Å². The number of carbonyl (C=O) groups excluding carboxylic acids is 1. The fourth-order valence-corrected chi connectivity index (χ4v) is 6.23. The molecule has 4 rings (SSSR count). The fourth-order valence-electron chi connectivity index (χ4n) is 4.44. The van der Waals surface area contributed by atoms with Crippen LogP contribution in [0.15, 0.2) is 40.3 Å². The van der Waals surface area contributed by atoms with Crippen LogP contribution in [0, 0.1) is 12.8 Å². The van der Waals surface area contributed by atoms with Crippen molar-refractivity contribution in [3.63, 3.8) is 0 Å². The molecule has 8 heteroatoms. The number of benzene rings is 1. The highest BCUT2D eigenvalue weighted by Gasteiger charge is 2.21. The molecule has 1 unspecified atom stereocenters. The molecule has 0 saturated carbocycles. The van der Waals surface area contributed by atoms with Gasteiger partial charge in [-0.2, -0.15) is 0 Å². The van der Waals surface area contributed by atoms with E-state index in [4.69, 9.17) is 0 Å². The third-order valence-corrected chi connectivity index (χ3v) is 8.55. The maximum Gasteiger partial charge on any atom is 0.260 e. The van der Waals surface area contributed by atoms with Crippen molar-refractivity contribution in [2.45, 2.75) is 64.2 Å². The minimum atomic E-state index is -0.0960. The Labute approximate surface area is 209 Å². The number of nitrogens with zero attached hydrogens (tertiary/aromatic N) is 2. The molecule has 1 saturated heterocycles. The maximum absolute atomic E-state index is 12.8. The minimum Gasteiger partial charge on any atom is -0.353 e. The van der Waals surface area contributed by atoms with E-state index < -0.39 is 0 Å². The molecule has 1 fully saturated rings. The van der Waals surface area contributed by atoms with Crippen LogP contribution < -0.4 is 10.9 Å². The lowest BCUT2D eigenvalue weighted by Crippen LogP contribution is -2.44. The second-order valence-corrected chi connectivity index (χ2v) is 11.5. The molecule has 1 amide bonds. The number of thioether (sulfide) groups is 1. The number of thiophene rings is 1. The molecule has 0 radical (unpaired) electrons. The van der Waals surface area contributed by atoms with Gasteiger partial charge in [0.2, 0.25) is 5.91 Å². The average Bonchev–Trinajstić information content (AvgIpc) is 3.14. The van der Waals surface area contributed by atoms with Gasteiger partial charge in [0.1, 0.15) is 4.83 Å². The van der Waals surface area contributed by atoms with E-state index in [1.165, 1.54) is 17.3 Å². The van der Waals surface area contributed by atoms with Gasteiger partial charge in [-0.1, -0.05) is 62.4 Å². The van der Waals surface area contributed by atoms with Crippen LogP contribution in [-0.4, -0.2) is 45.7 Å². The molecule has 1 aliphatic rings. The van der Waals surface area contributed by atoms with Gasteiger partial charge in [-0.05, 0) is 43.2 Å². The van der Waals surface area contributed by atoms with Gasteiger partial charge in [-0.25, -0.2) is 4.98 Å². The number of likely N-dealkylation sites (tertiary alicyclic amines) is 1. The highest BCUT2D eigenvalue weighted by atomic mass is 32.2. The first-order valence-corrected chi connectivity index (χ1v) is 13.9.